The summed E-state index contributed by atoms with van der Waals surface area (Å²) in [6.07, 6.45) is 7.96. The van der Waals surface area contributed by atoms with Gasteiger partial charge in [0, 0.05) is 22.8 Å². The van der Waals surface area contributed by atoms with Crippen molar-refractivity contribution < 1.29 is 0 Å². The Morgan fingerprint density at radius 3 is 2.22 bits per heavy atom. The molecule has 0 aromatic carbocycles. The summed E-state index contributed by atoms with van der Waals surface area (Å²) in [4.78, 5) is 3.56. The number of hydrogen-bond acceptors (Lipinski definition) is 2. The van der Waals surface area contributed by atoms with Gasteiger partial charge in [0.25, 0.3) is 0 Å². The fraction of sp³-hybridized carbons (Fsp3) is 1.00. The number of hydrogen-bond donors (Lipinski definition) is 0. The Labute approximate surface area is 116 Å². The summed E-state index contributed by atoms with van der Waals surface area (Å²) in [7, 11) is 0. The molecule has 0 spiro atoms. The molecule has 3 heteroatoms. The smallest absolute Gasteiger partial charge is 0.155 e. The first kappa shape index (κ1) is 14.2. The minimum absolute atomic E-state index is 0.184. The Kier molecular flexibility index (Phi) is 4.95. The fourth-order valence-corrected chi connectivity index (χ4v) is 5.32. The minimum atomic E-state index is 0.184. The van der Waals surface area contributed by atoms with Crippen molar-refractivity contribution in [3.8, 4) is 0 Å². The van der Waals surface area contributed by atoms with E-state index in [2.05, 4.69) is 37.5 Å². The van der Waals surface area contributed by atoms with Gasteiger partial charge in [0.1, 0.15) is 4.98 Å². The van der Waals surface area contributed by atoms with Crippen LogP contribution in [0.15, 0.2) is 0 Å². The van der Waals surface area contributed by atoms with E-state index < -0.39 is 0 Å². The van der Waals surface area contributed by atoms with Gasteiger partial charge in [-0.2, -0.15) is 11.8 Å². The van der Waals surface area contributed by atoms with E-state index in [4.69, 9.17) is 5.39 Å². The Hall–Kier alpha value is -0.230. The second-order valence-corrected chi connectivity index (χ2v) is 8.21. The molecule has 0 heterocycles. The van der Waals surface area contributed by atoms with Crippen LogP contribution in [0.25, 0.3) is 4.98 Å². The zero-order valence-electron chi connectivity index (χ0n) is 12.0. The first-order valence-electron chi connectivity index (χ1n) is 7.59. The molecule has 0 saturated heterocycles. The normalized spacial score (nSPS) is 45.4. The molecule has 18 heavy (non-hydrogen) atoms. The molecule has 2 aliphatic carbocycles. The van der Waals surface area contributed by atoms with E-state index in [-0.39, 0.29) is 6.04 Å². The average Bonchev–Trinajstić information content (AvgIpc) is 2.36. The molecule has 2 rings (SSSR count). The van der Waals surface area contributed by atoms with Gasteiger partial charge < -0.3 is 0 Å². The summed E-state index contributed by atoms with van der Waals surface area (Å²) in [5, 5.41) is 10.7. The molecule has 0 aromatic heterocycles. The molecule has 0 aliphatic heterocycles. The minimum Gasteiger partial charge on any atom is -0.155 e. The predicted molar refractivity (Wildman–Crippen MR) is 79.2 cm³/mol. The van der Waals surface area contributed by atoms with Crippen molar-refractivity contribution in [2.24, 2.45) is 17.8 Å². The van der Waals surface area contributed by atoms with Crippen molar-refractivity contribution in [2.75, 3.05) is 0 Å². The Morgan fingerprint density at radius 2 is 1.61 bits per heavy atom. The van der Waals surface area contributed by atoms with Gasteiger partial charge in [-0.3, -0.25) is 0 Å². The number of diazo groups is 1. The van der Waals surface area contributed by atoms with Gasteiger partial charge in [-0.25, -0.2) is 0 Å². The molecule has 102 valence electrons. The van der Waals surface area contributed by atoms with Crippen molar-refractivity contribution in [3.63, 3.8) is 0 Å². The third-order valence-electron chi connectivity index (χ3n) is 4.99. The highest BCUT2D eigenvalue weighted by atomic mass is 32.2. The van der Waals surface area contributed by atoms with Crippen molar-refractivity contribution in [1.82, 2.24) is 0 Å². The van der Waals surface area contributed by atoms with E-state index in [1.807, 2.05) is 0 Å². The highest BCUT2D eigenvalue weighted by Crippen LogP contribution is 2.43. The van der Waals surface area contributed by atoms with Crippen LogP contribution < -0.4 is 0 Å². The number of nitrogens with zero attached hydrogens (tertiary/aromatic N) is 2. The first-order valence-corrected chi connectivity index (χ1v) is 8.54. The summed E-state index contributed by atoms with van der Waals surface area (Å²) < 4.78 is 0. The molecule has 0 bridgehead atoms. The SMILES string of the molecule is CC1CCC(SC2CC(C)C([N+]#N)CC2C)CC1. The highest BCUT2D eigenvalue weighted by Gasteiger charge is 2.41. The topological polar surface area (TPSA) is 28.1 Å². The zero-order chi connectivity index (χ0) is 13.1. The molecule has 0 N–H and O–H groups in total. The summed E-state index contributed by atoms with van der Waals surface area (Å²) in [6.45, 7) is 6.97. The molecule has 0 amide bonds. The molecule has 2 fully saturated rings. The summed E-state index contributed by atoms with van der Waals surface area (Å²) >= 11 is 2.24. The van der Waals surface area contributed by atoms with Crippen LogP contribution in [0.2, 0.25) is 0 Å². The molecular weight excluding hydrogens is 240 g/mol. The molecule has 4 atom stereocenters. The molecular formula is C15H27N2S+. The maximum Gasteiger partial charge on any atom is 0.317 e. The zero-order valence-corrected chi connectivity index (χ0v) is 12.8. The van der Waals surface area contributed by atoms with Crippen LogP contribution in [-0.4, -0.2) is 16.5 Å². The Balaban J connectivity index is 1.84. The van der Waals surface area contributed by atoms with E-state index >= 15 is 0 Å². The van der Waals surface area contributed by atoms with Gasteiger partial charge in [0.2, 0.25) is 5.39 Å². The quantitative estimate of drug-likeness (QED) is 0.662. The van der Waals surface area contributed by atoms with Crippen molar-refractivity contribution in [2.45, 2.75) is 75.8 Å². The van der Waals surface area contributed by atoms with Crippen LogP contribution in [0.1, 0.15) is 59.3 Å². The Bertz CT molecular complexity index is 304. The van der Waals surface area contributed by atoms with Gasteiger partial charge in [-0.1, -0.05) is 20.8 Å². The third kappa shape index (κ3) is 3.41. The standard InChI is InChI=1S/C15H27N2S/c1-10-4-6-13(7-5-10)18-15-9-11(2)14(17-16)8-12(15)3/h10-15H,4-9H2,1-3H3/q+1. The van der Waals surface area contributed by atoms with Crippen LogP contribution in [-0.2, 0) is 0 Å². The first-order chi connectivity index (χ1) is 8.60. The van der Waals surface area contributed by atoms with E-state index in [1.165, 1.54) is 32.1 Å². The molecule has 2 saturated carbocycles. The van der Waals surface area contributed by atoms with E-state index in [1.54, 1.807) is 0 Å². The molecule has 0 aromatic rings. The molecule has 2 aliphatic rings. The second kappa shape index (κ2) is 6.28. The van der Waals surface area contributed by atoms with Crippen molar-refractivity contribution >= 4 is 11.8 Å². The van der Waals surface area contributed by atoms with Gasteiger partial charge >= 0.3 is 6.04 Å². The number of rotatable bonds is 2. The molecule has 0 radical (unpaired) electrons. The van der Waals surface area contributed by atoms with Crippen LogP contribution >= 0.6 is 11.8 Å². The van der Waals surface area contributed by atoms with E-state index in [9.17, 15) is 0 Å². The van der Waals surface area contributed by atoms with Gasteiger partial charge in [-0.15, -0.1) is 0 Å². The maximum atomic E-state index is 9.03. The summed E-state index contributed by atoms with van der Waals surface area (Å²) in [5.74, 6) is 2.19. The van der Waals surface area contributed by atoms with Crippen LogP contribution in [0, 0.1) is 23.1 Å². The maximum absolute atomic E-state index is 9.03. The van der Waals surface area contributed by atoms with Crippen LogP contribution in [0.4, 0.5) is 0 Å². The lowest BCUT2D eigenvalue weighted by Gasteiger charge is -2.35. The van der Waals surface area contributed by atoms with Crippen molar-refractivity contribution in [3.05, 3.63) is 4.98 Å². The highest BCUT2D eigenvalue weighted by molar-refractivity contribution is 8.00. The molecule has 4 unspecified atom stereocenters. The lowest BCUT2D eigenvalue weighted by Crippen LogP contribution is -2.34. The van der Waals surface area contributed by atoms with E-state index in [0.717, 1.165) is 22.8 Å². The van der Waals surface area contributed by atoms with Crippen LogP contribution in [0.5, 0.6) is 0 Å². The number of thioether (sulfide) groups is 1. The van der Waals surface area contributed by atoms with E-state index in [0.29, 0.717) is 11.8 Å². The third-order valence-corrected chi connectivity index (χ3v) is 6.85. The lowest BCUT2D eigenvalue weighted by molar-refractivity contribution is 0.298. The summed E-state index contributed by atoms with van der Waals surface area (Å²) in [5.41, 5.74) is 0. The Morgan fingerprint density at radius 1 is 0.944 bits per heavy atom. The lowest BCUT2D eigenvalue weighted by atomic mass is 9.80. The summed E-state index contributed by atoms with van der Waals surface area (Å²) in [6, 6.07) is 0.184. The average molecular weight is 267 g/mol. The van der Waals surface area contributed by atoms with Gasteiger partial charge in [0.05, 0.1) is 0 Å². The van der Waals surface area contributed by atoms with Crippen LogP contribution in [0.3, 0.4) is 0 Å². The van der Waals surface area contributed by atoms with Crippen molar-refractivity contribution in [1.29, 1.82) is 5.39 Å². The monoisotopic (exact) mass is 267 g/mol. The fourth-order valence-electron chi connectivity index (χ4n) is 3.48. The largest absolute Gasteiger partial charge is 0.317 e. The van der Waals surface area contributed by atoms with Gasteiger partial charge in [-0.05, 0) is 43.9 Å². The second-order valence-electron chi connectivity index (χ2n) is 6.67. The van der Waals surface area contributed by atoms with Gasteiger partial charge in [0.15, 0.2) is 0 Å². The molecule has 2 nitrogen and oxygen atoms in total. The predicted octanol–water partition coefficient (Wildman–Crippen LogP) is 4.95.